The van der Waals surface area contributed by atoms with Crippen LogP contribution in [0.4, 0.5) is 0 Å². The Hall–Kier alpha value is -2.01. The summed E-state index contributed by atoms with van der Waals surface area (Å²) in [6.45, 7) is 3.94. The van der Waals surface area contributed by atoms with E-state index in [1.54, 1.807) is 6.26 Å². The van der Waals surface area contributed by atoms with Crippen LogP contribution in [0.15, 0.2) is 41.1 Å². The number of aromatic nitrogens is 1. The molecule has 0 saturated carbocycles. The minimum absolute atomic E-state index is 0.0533. The van der Waals surface area contributed by atoms with Gasteiger partial charge in [0.05, 0.1) is 12.3 Å². The average molecular weight is 287 g/mol. The van der Waals surface area contributed by atoms with Crippen LogP contribution in [0.25, 0.3) is 0 Å². The largest absolute Gasteiger partial charge is 0.467 e. The summed E-state index contributed by atoms with van der Waals surface area (Å²) in [5.41, 5.74) is 0.723. The molecule has 1 fully saturated rings. The normalized spacial score (nSPS) is 17.6. The first-order valence-corrected chi connectivity index (χ1v) is 7.47. The van der Waals surface area contributed by atoms with Crippen LogP contribution >= 0.6 is 0 Å². The summed E-state index contributed by atoms with van der Waals surface area (Å²) >= 11 is 0. The maximum atomic E-state index is 12.5. The van der Waals surface area contributed by atoms with E-state index < -0.39 is 0 Å². The highest BCUT2D eigenvalue weighted by Gasteiger charge is 2.21. The monoisotopic (exact) mass is 287 g/mol. The number of rotatable bonds is 4. The van der Waals surface area contributed by atoms with Crippen molar-refractivity contribution in [1.29, 1.82) is 0 Å². The van der Waals surface area contributed by atoms with Gasteiger partial charge in [-0.3, -0.25) is 4.79 Å². The van der Waals surface area contributed by atoms with Gasteiger partial charge in [-0.2, -0.15) is 0 Å². The van der Waals surface area contributed by atoms with Crippen LogP contribution in [-0.4, -0.2) is 23.6 Å². The highest BCUT2D eigenvalue weighted by atomic mass is 16.3. The fourth-order valence-electron chi connectivity index (χ4n) is 2.87. The summed E-state index contributed by atoms with van der Waals surface area (Å²) in [4.78, 5) is 12.5. The number of carbonyl (C=O) groups is 1. The Morgan fingerprint density at radius 1 is 1.38 bits per heavy atom. The van der Waals surface area contributed by atoms with E-state index in [2.05, 4.69) is 15.2 Å². The highest BCUT2D eigenvalue weighted by Crippen LogP contribution is 2.22. The lowest BCUT2D eigenvalue weighted by Crippen LogP contribution is -2.33. The van der Waals surface area contributed by atoms with Gasteiger partial charge in [-0.15, -0.1) is 0 Å². The molecule has 112 valence electrons. The molecule has 0 unspecified atom stereocenters. The second-order valence-electron chi connectivity index (χ2n) is 5.49. The number of carbonyl (C=O) groups excluding carboxylic acids is 1. The molecule has 0 radical (unpaired) electrons. The first-order chi connectivity index (χ1) is 10.3. The number of hydrogen-bond acceptors (Lipinski definition) is 3. The SMILES string of the molecule is C[C@H](NC(=O)c1cccn1C1CCNCC1)c1ccco1. The Balaban J connectivity index is 1.71. The van der Waals surface area contributed by atoms with Gasteiger partial charge in [0, 0.05) is 12.2 Å². The molecule has 1 saturated heterocycles. The molecule has 2 N–H and O–H groups in total. The predicted molar refractivity (Wildman–Crippen MR) is 80.2 cm³/mol. The van der Waals surface area contributed by atoms with Crippen LogP contribution in [-0.2, 0) is 0 Å². The molecule has 1 atom stereocenters. The van der Waals surface area contributed by atoms with Gasteiger partial charge in [-0.05, 0) is 57.1 Å². The Kier molecular flexibility index (Phi) is 4.10. The van der Waals surface area contributed by atoms with Crippen molar-refractivity contribution < 1.29 is 9.21 Å². The third kappa shape index (κ3) is 3.03. The minimum Gasteiger partial charge on any atom is -0.467 e. The zero-order valence-electron chi connectivity index (χ0n) is 12.2. The third-order valence-electron chi connectivity index (χ3n) is 4.03. The number of piperidine rings is 1. The van der Waals surface area contributed by atoms with Gasteiger partial charge < -0.3 is 19.6 Å². The smallest absolute Gasteiger partial charge is 0.268 e. The molecule has 0 spiro atoms. The van der Waals surface area contributed by atoms with Crippen molar-refractivity contribution in [2.75, 3.05) is 13.1 Å². The van der Waals surface area contributed by atoms with Crippen LogP contribution < -0.4 is 10.6 Å². The van der Waals surface area contributed by atoms with Gasteiger partial charge in [0.1, 0.15) is 11.5 Å². The van der Waals surface area contributed by atoms with Crippen LogP contribution in [0.5, 0.6) is 0 Å². The molecule has 3 heterocycles. The molecule has 5 nitrogen and oxygen atoms in total. The number of hydrogen-bond donors (Lipinski definition) is 2. The summed E-state index contributed by atoms with van der Waals surface area (Å²) in [6, 6.07) is 7.79. The third-order valence-corrected chi connectivity index (χ3v) is 4.03. The predicted octanol–water partition coefficient (Wildman–Crippen LogP) is 2.50. The van der Waals surface area contributed by atoms with Crippen LogP contribution in [0.3, 0.4) is 0 Å². The summed E-state index contributed by atoms with van der Waals surface area (Å²) in [7, 11) is 0. The summed E-state index contributed by atoms with van der Waals surface area (Å²) in [6.07, 6.45) is 5.74. The van der Waals surface area contributed by atoms with Gasteiger partial charge in [-0.25, -0.2) is 0 Å². The molecular formula is C16H21N3O2. The van der Waals surface area contributed by atoms with Crippen molar-refractivity contribution in [2.24, 2.45) is 0 Å². The lowest BCUT2D eigenvalue weighted by atomic mass is 10.1. The van der Waals surface area contributed by atoms with Crippen molar-refractivity contribution in [1.82, 2.24) is 15.2 Å². The van der Waals surface area contributed by atoms with E-state index in [0.717, 1.165) is 37.4 Å². The lowest BCUT2D eigenvalue weighted by molar-refractivity contribution is 0.0922. The van der Waals surface area contributed by atoms with Crippen molar-refractivity contribution in [2.45, 2.75) is 31.8 Å². The zero-order valence-corrected chi connectivity index (χ0v) is 12.2. The second kappa shape index (κ2) is 6.18. The molecule has 2 aromatic heterocycles. The maximum absolute atomic E-state index is 12.5. The van der Waals surface area contributed by atoms with Crippen molar-refractivity contribution >= 4 is 5.91 Å². The molecule has 1 aliphatic heterocycles. The maximum Gasteiger partial charge on any atom is 0.268 e. The number of nitrogens with zero attached hydrogens (tertiary/aromatic N) is 1. The molecule has 3 rings (SSSR count). The summed E-state index contributed by atoms with van der Waals surface area (Å²) < 4.78 is 7.43. The van der Waals surface area contributed by atoms with Crippen LogP contribution in [0, 0.1) is 0 Å². The second-order valence-corrected chi connectivity index (χ2v) is 5.49. The average Bonchev–Trinajstić information content (AvgIpc) is 3.19. The standard InChI is InChI=1S/C16H21N3O2/c1-12(15-5-3-11-21-15)18-16(20)14-4-2-10-19(14)13-6-8-17-9-7-13/h2-5,10-13,17H,6-9H2,1H3,(H,18,20)/t12-/m0/s1. The molecule has 1 amide bonds. The Labute approximate surface area is 124 Å². The summed E-state index contributed by atoms with van der Waals surface area (Å²) in [5.74, 6) is 0.714. The van der Waals surface area contributed by atoms with E-state index in [-0.39, 0.29) is 11.9 Å². The van der Waals surface area contributed by atoms with E-state index in [1.807, 2.05) is 37.4 Å². The van der Waals surface area contributed by atoms with Crippen molar-refractivity contribution in [3.8, 4) is 0 Å². The van der Waals surface area contributed by atoms with Gasteiger partial charge in [0.2, 0.25) is 0 Å². The molecule has 0 bridgehead atoms. The molecule has 5 heteroatoms. The quantitative estimate of drug-likeness (QED) is 0.908. The van der Waals surface area contributed by atoms with E-state index in [1.165, 1.54) is 0 Å². The van der Waals surface area contributed by atoms with Gasteiger partial charge in [-0.1, -0.05) is 0 Å². The minimum atomic E-state index is -0.135. The molecule has 0 aliphatic carbocycles. The van der Waals surface area contributed by atoms with Crippen molar-refractivity contribution in [3.05, 3.63) is 48.2 Å². The number of amides is 1. The fourth-order valence-corrected chi connectivity index (χ4v) is 2.87. The molecule has 0 aromatic carbocycles. The van der Waals surface area contributed by atoms with Crippen LogP contribution in [0.2, 0.25) is 0 Å². The first kappa shape index (κ1) is 13.9. The van der Waals surface area contributed by atoms with Gasteiger partial charge in [0.15, 0.2) is 0 Å². The van der Waals surface area contributed by atoms with Gasteiger partial charge in [0.25, 0.3) is 5.91 Å². The van der Waals surface area contributed by atoms with Crippen LogP contribution in [0.1, 0.15) is 48.1 Å². The van der Waals surface area contributed by atoms with E-state index in [4.69, 9.17) is 4.42 Å². The Morgan fingerprint density at radius 2 is 2.19 bits per heavy atom. The molecule has 21 heavy (non-hydrogen) atoms. The van der Waals surface area contributed by atoms with Crippen molar-refractivity contribution in [3.63, 3.8) is 0 Å². The lowest BCUT2D eigenvalue weighted by Gasteiger charge is -2.26. The summed E-state index contributed by atoms with van der Waals surface area (Å²) in [5, 5.41) is 6.34. The molecule has 1 aliphatic rings. The highest BCUT2D eigenvalue weighted by molar-refractivity contribution is 5.93. The van der Waals surface area contributed by atoms with E-state index in [0.29, 0.717) is 6.04 Å². The number of furan rings is 1. The topological polar surface area (TPSA) is 59.2 Å². The molecule has 2 aromatic rings. The Morgan fingerprint density at radius 3 is 2.90 bits per heavy atom. The molecular weight excluding hydrogens is 266 g/mol. The zero-order chi connectivity index (χ0) is 14.7. The van der Waals surface area contributed by atoms with Gasteiger partial charge >= 0.3 is 0 Å². The number of nitrogens with one attached hydrogen (secondary N) is 2. The van der Waals surface area contributed by atoms with E-state index >= 15 is 0 Å². The van der Waals surface area contributed by atoms with E-state index in [9.17, 15) is 4.79 Å². The Bertz CT molecular complexity index is 582. The first-order valence-electron chi connectivity index (χ1n) is 7.47. The fraction of sp³-hybridized carbons (Fsp3) is 0.438.